The van der Waals surface area contributed by atoms with Crippen molar-refractivity contribution in [1.29, 1.82) is 0 Å². The monoisotopic (exact) mass is 282 g/mol. The molecule has 0 fully saturated rings. The third-order valence-corrected chi connectivity index (χ3v) is 3.97. The van der Waals surface area contributed by atoms with Gasteiger partial charge in [0.15, 0.2) is 0 Å². The van der Waals surface area contributed by atoms with Crippen molar-refractivity contribution in [1.82, 2.24) is 4.98 Å². The lowest BCUT2D eigenvalue weighted by atomic mass is 10.1. The van der Waals surface area contributed by atoms with Gasteiger partial charge in [0.2, 0.25) is 0 Å². The van der Waals surface area contributed by atoms with Crippen LogP contribution in [0.4, 0.5) is 5.69 Å². The zero-order valence-electron chi connectivity index (χ0n) is 11.0. The number of hydrogen-bond donors (Lipinski definition) is 2. The minimum Gasteiger partial charge on any atom is -0.361 e. The zero-order valence-corrected chi connectivity index (χ0v) is 11.8. The van der Waals surface area contributed by atoms with E-state index in [2.05, 4.69) is 10.3 Å². The van der Waals surface area contributed by atoms with Gasteiger partial charge in [-0.3, -0.25) is 4.79 Å². The van der Waals surface area contributed by atoms with Crippen LogP contribution >= 0.6 is 11.8 Å². The van der Waals surface area contributed by atoms with Crippen LogP contribution in [0.1, 0.15) is 10.4 Å². The second-order valence-electron chi connectivity index (χ2n) is 4.43. The molecule has 0 aliphatic rings. The molecule has 3 nitrogen and oxygen atoms in total. The van der Waals surface area contributed by atoms with Gasteiger partial charge in [-0.25, -0.2) is 0 Å². The van der Waals surface area contributed by atoms with Crippen molar-refractivity contribution in [2.75, 3.05) is 11.6 Å². The average Bonchev–Trinajstić information content (AvgIpc) is 2.95. The standard InChI is InChI=1S/C16H14N2OS/c1-20-15-5-3-2-4-13(15)18-16(19)12-7-6-11-8-9-17-14(11)10-12/h2-10,17H,1H3,(H,18,19). The van der Waals surface area contributed by atoms with Gasteiger partial charge in [0.05, 0.1) is 5.69 Å². The number of fused-ring (bicyclic) bond motifs is 1. The van der Waals surface area contributed by atoms with Gasteiger partial charge in [-0.05, 0) is 42.0 Å². The normalized spacial score (nSPS) is 10.7. The predicted molar refractivity (Wildman–Crippen MR) is 84.5 cm³/mol. The first-order valence-corrected chi connectivity index (χ1v) is 7.52. The molecule has 20 heavy (non-hydrogen) atoms. The lowest BCUT2D eigenvalue weighted by molar-refractivity contribution is 0.102. The van der Waals surface area contributed by atoms with E-state index in [1.165, 1.54) is 0 Å². The van der Waals surface area contributed by atoms with Crippen molar-refractivity contribution in [2.24, 2.45) is 0 Å². The summed E-state index contributed by atoms with van der Waals surface area (Å²) in [6.45, 7) is 0. The smallest absolute Gasteiger partial charge is 0.255 e. The van der Waals surface area contributed by atoms with E-state index in [-0.39, 0.29) is 5.91 Å². The fraction of sp³-hybridized carbons (Fsp3) is 0.0625. The molecule has 0 saturated heterocycles. The lowest BCUT2D eigenvalue weighted by Gasteiger charge is -2.09. The fourth-order valence-corrected chi connectivity index (χ4v) is 2.69. The fourth-order valence-electron chi connectivity index (χ4n) is 2.13. The van der Waals surface area contributed by atoms with Gasteiger partial charge >= 0.3 is 0 Å². The summed E-state index contributed by atoms with van der Waals surface area (Å²) in [5.74, 6) is -0.0944. The average molecular weight is 282 g/mol. The van der Waals surface area contributed by atoms with Gasteiger partial charge in [0.1, 0.15) is 0 Å². The Morgan fingerprint density at radius 3 is 2.85 bits per heavy atom. The summed E-state index contributed by atoms with van der Waals surface area (Å²) in [6.07, 6.45) is 3.87. The Labute approximate surface area is 121 Å². The maximum Gasteiger partial charge on any atom is 0.255 e. The number of rotatable bonds is 3. The first-order chi connectivity index (χ1) is 9.78. The van der Waals surface area contributed by atoms with E-state index in [1.54, 1.807) is 11.8 Å². The van der Waals surface area contributed by atoms with Crippen molar-refractivity contribution in [3.63, 3.8) is 0 Å². The Bertz CT molecular complexity index is 764. The number of amides is 1. The molecule has 1 amide bonds. The Morgan fingerprint density at radius 2 is 2.00 bits per heavy atom. The largest absolute Gasteiger partial charge is 0.361 e. The predicted octanol–water partition coefficient (Wildman–Crippen LogP) is 4.14. The maximum atomic E-state index is 12.3. The van der Waals surface area contributed by atoms with Gasteiger partial charge < -0.3 is 10.3 Å². The highest BCUT2D eigenvalue weighted by Gasteiger charge is 2.09. The molecular weight excluding hydrogens is 268 g/mol. The molecule has 0 unspecified atom stereocenters. The van der Waals surface area contributed by atoms with Crippen LogP contribution in [-0.4, -0.2) is 17.1 Å². The van der Waals surface area contributed by atoms with E-state index in [4.69, 9.17) is 0 Å². The molecule has 1 aromatic heterocycles. The molecule has 0 spiro atoms. The summed E-state index contributed by atoms with van der Waals surface area (Å²) >= 11 is 1.62. The molecule has 0 saturated carbocycles. The number of carbonyl (C=O) groups excluding carboxylic acids is 1. The third-order valence-electron chi connectivity index (χ3n) is 3.17. The highest BCUT2D eigenvalue weighted by Crippen LogP contribution is 2.25. The topological polar surface area (TPSA) is 44.9 Å². The molecule has 2 aromatic carbocycles. The number of anilines is 1. The van der Waals surface area contributed by atoms with Crippen LogP contribution in [0.25, 0.3) is 10.9 Å². The number of thioether (sulfide) groups is 1. The minimum atomic E-state index is -0.0944. The SMILES string of the molecule is CSc1ccccc1NC(=O)c1ccc2cc[nH]c2c1. The number of nitrogens with one attached hydrogen (secondary N) is 2. The molecule has 0 bridgehead atoms. The lowest BCUT2D eigenvalue weighted by Crippen LogP contribution is -2.12. The number of aromatic nitrogens is 1. The molecular formula is C16H14N2OS. The first-order valence-electron chi connectivity index (χ1n) is 6.29. The summed E-state index contributed by atoms with van der Waals surface area (Å²) in [4.78, 5) is 16.5. The molecule has 0 aliphatic carbocycles. The number of carbonyl (C=O) groups is 1. The second kappa shape index (κ2) is 5.43. The molecule has 4 heteroatoms. The van der Waals surface area contributed by atoms with E-state index in [1.807, 2.05) is 61.0 Å². The van der Waals surface area contributed by atoms with E-state index >= 15 is 0 Å². The van der Waals surface area contributed by atoms with E-state index < -0.39 is 0 Å². The van der Waals surface area contributed by atoms with E-state index in [0.717, 1.165) is 21.5 Å². The number of para-hydroxylation sites is 1. The highest BCUT2D eigenvalue weighted by atomic mass is 32.2. The Hall–Kier alpha value is -2.20. The third kappa shape index (κ3) is 2.42. The van der Waals surface area contributed by atoms with Crippen LogP contribution in [0, 0.1) is 0 Å². The van der Waals surface area contributed by atoms with E-state index in [9.17, 15) is 4.79 Å². The van der Waals surface area contributed by atoms with Crippen LogP contribution in [0.3, 0.4) is 0 Å². The van der Waals surface area contributed by atoms with Gasteiger partial charge in [0, 0.05) is 22.2 Å². The summed E-state index contributed by atoms with van der Waals surface area (Å²) < 4.78 is 0. The van der Waals surface area contributed by atoms with Crippen LogP contribution in [0.2, 0.25) is 0 Å². The van der Waals surface area contributed by atoms with Crippen molar-refractivity contribution >= 4 is 34.3 Å². The van der Waals surface area contributed by atoms with Crippen LogP contribution < -0.4 is 5.32 Å². The molecule has 3 aromatic rings. The summed E-state index contributed by atoms with van der Waals surface area (Å²) in [6, 6.07) is 15.4. The zero-order chi connectivity index (χ0) is 13.9. The molecule has 3 rings (SSSR count). The molecule has 0 radical (unpaired) electrons. The number of H-pyrrole nitrogens is 1. The quantitative estimate of drug-likeness (QED) is 0.709. The molecule has 1 heterocycles. The number of aromatic amines is 1. The van der Waals surface area contributed by atoms with Crippen LogP contribution in [0.5, 0.6) is 0 Å². The first kappa shape index (κ1) is 12.8. The van der Waals surface area contributed by atoms with Gasteiger partial charge in [-0.2, -0.15) is 0 Å². The van der Waals surface area contributed by atoms with Gasteiger partial charge in [0.25, 0.3) is 5.91 Å². The van der Waals surface area contributed by atoms with Crippen molar-refractivity contribution in [3.05, 3.63) is 60.3 Å². The maximum absolute atomic E-state index is 12.3. The van der Waals surface area contributed by atoms with Gasteiger partial charge in [-0.1, -0.05) is 18.2 Å². The molecule has 2 N–H and O–H groups in total. The van der Waals surface area contributed by atoms with Crippen molar-refractivity contribution in [3.8, 4) is 0 Å². The summed E-state index contributed by atoms with van der Waals surface area (Å²) in [5.41, 5.74) is 2.46. The van der Waals surface area contributed by atoms with Crippen molar-refractivity contribution in [2.45, 2.75) is 4.90 Å². The highest BCUT2D eigenvalue weighted by molar-refractivity contribution is 7.98. The number of benzene rings is 2. The van der Waals surface area contributed by atoms with Crippen molar-refractivity contribution < 1.29 is 4.79 Å². The summed E-state index contributed by atoms with van der Waals surface area (Å²) in [7, 11) is 0. The minimum absolute atomic E-state index is 0.0944. The summed E-state index contributed by atoms with van der Waals surface area (Å²) in [5, 5.41) is 4.06. The Balaban J connectivity index is 1.88. The molecule has 0 atom stereocenters. The van der Waals surface area contributed by atoms with Gasteiger partial charge in [-0.15, -0.1) is 11.8 Å². The molecule has 100 valence electrons. The van der Waals surface area contributed by atoms with Crippen LogP contribution in [-0.2, 0) is 0 Å². The molecule has 0 aliphatic heterocycles. The Kier molecular flexibility index (Phi) is 3.48. The number of hydrogen-bond acceptors (Lipinski definition) is 2. The van der Waals surface area contributed by atoms with E-state index in [0.29, 0.717) is 5.56 Å². The van der Waals surface area contributed by atoms with Crippen LogP contribution in [0.15, 0.2) is 59.6 Å². The Morgan fingerprint density at radius 1 is 1.15 bits per heavy atom. The second-order valence-corrected chi connectivity index (χ2v) is 5.28.